The Kier molecular flexibility index (Phi) is 7.81. The molecule has 24 heavy (non-hydrogen) atoms. The van der Waals surface area contributed by atoms with Gasteiger partial charge in [0, 0.05) is 26.7 Å². The number of aliphatic imine (C=N–C) groups is 1. The molecule has 1 heterocycles. The van der Waals surface area contributed by atoms with E-state index in [-0.39, 0.29) is 18.5 Å². The van der Waals surface area contributed by atoms with Gasteiger partial charge >= 0.3 is 6.09 Å². The lowest BCUT2D eigenvalue weighted by molar-refractivity contribution is -0.120. The summed E-state index contributed by atoms with van der Waals surface area (Å²) >= 11 is 0. The molecule has 1 fully saturated rings. The third-order valence-corrected chi connectivity index (χ3v) is 3.40. The Labute approximate surface area is 144 Å². The number of hydrogen-bond acceptors (Lipinski definition) is 4. The maximum atomic E-state index is 11.8. The smallest absolute Gasteiger partial charge is 0.407 e. The highest BCUT2D eigenvalue weighted by atomic mass is 16.6. The monoisotopic (exact) mass is 341 g/mol. The molecule has 1 atom stereocenters. The van der Waals surface area contributed by atoms with Crippen molar-refractivity contribution in [1.82, 2.24) is 20.9 Å². The van der Waals surface area contributed by atoms with E-state index in [0.717, 1.165) is 19.4 Å². The lowest BCUT2D eigenvalue weighted by Crippen LogP contribution is -2.46. The Hall–Kier alpha value is -1.99. The van der Waals surface area contributed by atoms with E-state index >= 15 is 0 Å². The molecule has 0 radical (unpaired) electrons. The van der Waals surface area contributed by atoms with Crippen molar-refractivity contribution in [2.45, 2.75) is 52.2 Å². The Morgan fingerprint density at radius 1 is 1.29 bits per heavy atom. The van der Waals surface area contributed by atoms with Gasteiger partial charge in [0.2, 0.25) is 5.91 Å². The normalized spacial score (nSPS) is 18.3. The van der Waals surface area contributed by atoms with Gasteiger partial charge in [0.15, 0.2) is 5.96 Å². The van der Waals surface area contributed by atoms with Gasteiger partial charge in [-0.3, -0.25) is 9.79 Å². The third-order valence-electron chi connectivity index (χ3n) is 3.40. The van der Waals surface area contributed by atoms with Gasteiger partial charge in [-0.05, 0) is 33.6 Å². The van der Waals surface area contributed by atoms with Crippen molar-refractivity contribution in [1.29, 1.82) is 0 Å². The van der Waals surface area contributed by atoms with Gasteiger partial charge in [-0.15, -0.1) is 0 Å². The standard InChI is InChI=1S/C16H31N5O3/c1-6-8-18-13(22)10-19-14(17-5)21-9-7-12(11-21)20-15(23)24-16(2,3)4/h12H,6-11H2,1-5H3,(H,17,19)(H,18,22)(H,20,23). The highest BCUT2D eigenvalue weighted by Crippen LogP contribution is 2.11. The van der Waals surface area contributed by atoms with Gasteiger partial charge < -0.3 is 25.6 Å². The van der Waals surface area contributed by atoms with Crippen LogP contribution >= 0.6 is 0 Å². The zero-order chi connectivity index (χ0) is 18.2. The van der Waals surface area contributed by atoms with Gasteiger partial charge in [-0.1, -0.05) is 6.92 Å². The topological polar surface area (TPSA) is 95.1 Å². The highest BCUT2D eigenvalue weighted by Gasteiger charge is 2.27. The Balaban J connectivity index is 2.40. The van der Waals surface area contributed by atoms with Gasteiger partial charge in [0.05, 0.1) is 12.6 Å². The van der Waals surface area contributed by atoms with Crippen molar-refractivity contribution in [3.05, 3.63) is 0 Å². The molecule has 1 unspecified atom stereocenters. The fourth-order valence-electron chi connectivity index (χ4n) is 2.36. The number of hydrogen-bond donors (Lipinski definition) is 3. The Morgan fingerprint density at radius 2 is 2.00 bits per heavy atom. The van der Waals surface area contributed by atoms with Crippen molar-refractivity contribution in [2.24, 2.45) is 4.99 Å². The molecule has 2 amide bonds. The molecule has 1 aliphatic heterocycles. The highest BCUT2D eigenvalue weighted by molar-refractivity contribution is 5.86. The van der Waals surface area contributed by atoms with Crippen molar-refractivity contribution in [3.8, 4) is 0 Å². The quantitative estimate of drug-likeness (QED) is 0.505. The fourth-order valence-corrected chi connectivity index (χ4v) is 2.36. The molecule has 0 aliphatic carbocycles. The first-order valence-corrected chi connectivity index (χ1v) is 8.47. The van der Waals surface area contributed by atoms with E-state index in [1.807, 2.05) is 32.6 Å². The maximum absolute atomic E-state index is 11.8. The predicted octanol–water partition coefficient (Wildman–Crippen LogP) is 0.687. The van der Waals surface area contributed by atoms with E-state index in [1.165, 1.54) is 0 Å². The number of guanidine groups is 1. The van der Waals surface area contributed by atoms with E-state index < -0.39 is 11.7 Å². The number of nitrogens with one attached hydrogen (secondary N) is 3. The number of ether oxygens (including phenoxy) is 1. The van der Waals surface area contributed by atoms with Crippen LogP contribution in [0.2, 0.25) is 0 Å². The maximum Gasteiger partial charge on any atom is 0.407 e. The van der Waals surface area contributed by atoms with Crippen LogP contribution in [0.4, 0.5) is 4.79 Å². The minimum atomic E-state index is -0.508. The fraction of sp³-hybridized carbons (Fsp3) is 0.812. The SMILES string of the molecule is CCCNC(=O)CNC(=NC)N1CCC(NC(=O)OC(C)(C)C)C1. The molecule has 0 aromatic rings. The molecule has 0 spiro atoms. The molecule has 1 aliphatic rings. The molecular weight excluding hydrogens is 310 g/mol. The number of rotatable bonds is 5. The summed E-state index contributed by atoms with van der Waals surface area (Å²) in [6.45, 7) is 9.77. The number of carbonyl (C=O) groups is 2. The summed E-state index contributed by atoms with van der Waals surface area (Å²) in [5, 5.41) is 8.73. The molecule has 0 bridgehead atoms. The summed E-state index contributed by atoms with van der Waals surface area (Å²) in [7, 11) is 1.68. The van der Waals surface area contributed by atoms with E-state index in [2.05, 4.69) is 20.9 Å². The van der Waals surface area contributed by atoms with E-state index in [4.69, 9.17) is 4.74 Å². The third kappa shape index (κ3) is 7.52. The molecule has 1 saturated heterocycles. The molecule has 3 N–H and O–H groups in total. The number of alkyl carbamates (subject to hydrolysis) is 1. The van der Waals surface area contributed by atoms with E-state index in [0.29, 0.717) is 19.0 Å². The number of amides is 2. The molecule has 0 aromatic heterocycles. The van der Waals surface area contributed by atoms with Crippen LogP contribution in [-0.2, 0) is 9.53 Å². The summed E-state index contributed by atoms with van der Waals surface area (Å²) in [6.07, 6.45) is 1.31. The van der Waals surface area contributed by atoms with Gasteiger partial charge in [-0.25, -0.2) is 4.79 Å². The first-order chi connectivity index (χ1) is 11.2. The van der Waals surface area contributed by atoms with Crippen LogP contribution in [0.1, 0.15) is 40.5 Å². The second kappa shape index (κ2) is 9.34. The number of likely N-dealkylation sites (tertiary alicyclic amines) is 1. The van der Waals surface area contributed by atoms with Crippen molar-refractivity contribution >= 4 is 18.0 Å². The number of nitrogens with zero attached hydrogens (tertiary/aromatic N) is 2. The molecular formula is C16H31N5O3. The first-order valence-electron chi connectivity index (χ1n) is 8.47. The summed E-state index contributed by atoms with van der Waals surface area (Å²) in [5.41, 5.74) is -0.508. The van der Waals surface area contributed by atoms with Gasteiger partial charge in [0.1, 0.15) is 5.60 Å². The average molecular weight is 341 g/mol. The van der Waals surface area contributed by atoms with Crippen LogP contribution in [0.15, 0.2) is 4.99 Å². The first kappa shape index (κ1) is 20.1. The van der Waals surface area contributed by atoms with Crippen LogP contribution < -0.4 is 16.0 Å². The van der Waals surface area contributed by atoms with Crippen LogP contribution in [-0.4, -0.2) is 67.7 Å². The molecule has 8 nitrogen and oxygen atoms in total. The van der Waals surface area contributed by atoms with Crippen molar-refractivity contribution in [2.75, 3.05) is 33.2 Å². The van der Waals surface area contributed by atoms with Crippen LogP contribution in [0, 0.1) is 0 Å². The van der Waals surface area contributed by atoms with Crippen molar-refractivity contribution < 1.29 is 14.3 Å². The Bertz CT molecular complexity index is 459. The van der Waals surface area contributed by atoms with E-state index in [9.17, 15) is 9.59 Å². The summed E-state index contributed by atoms with van der Waals surface area (Å²) < 4.78 is 5.27. The lowest BCUT2D eigenvalue weighted by Gasteiger charge is -2.23. The van der Waals surface area contributed by atoms with Crippen molar-refractivity contribution in [3.63, 3.8) is 0 Å². The summed E-state index contributed by atoms with van der Waals surface area (Å²) in [5.74, 6) is 0.607. The lowest BCUT2D eigenvalue weighted by atomic mass is 10.2. The molecule has 1 rings (SSSR count). The molecule has 138 valence electrons. The second-order valence-electron chi connectivity index (χ2n) is 6.83. The summed E-state index contributed by atoms with van der Waals surface area (Å²) in [4.78, 5) is 29.7. The average Bonchev–Trinajstić information content (AvgIpc) is 2.92. The second-order valence-corrected chi connectivity index (χ2v) is 6.83. The zero-order valence-corrected chi connectivity index (χ0v) is 15.4. The van der Waals surface area contributed by atoms with Crippen LogP contribution in [0.25, 0.3) is 0 Å². The molecule has 0 aromatic carbocycles. The van der Waals surface area contributed by atoms with Gasteiger partial charge in [-0.2, -0.15) is 0 Å². The minimum absolute atomic E-state index is 0.00678. The Morgan fingerprint density at radius 3 is 2.58 bits per heavy atom. The van der Waals surface area contributed by atoms with Crippen LogP contribution in [0.5, 0.6) is 0 Å². The summed E-state index contributed by atoms with van der Waals surface area (Å²) in [6, 6.07) is 0.00678. The molecule has 0 saturated carbocycles. The predicted molar refractivity (Wildman–Crippen MR) is 94.0 cm³/mol. The minimum Gasteiger partial charge on any atom is -0.444 e. The number of carbonyl (C=O) groups excluding carboxylic acids is 2. The van der Waals surface area contributed by atoms with Gasteiger partial charge in [0.25, 0.3) is 0 Å². The van der Waals surface area contributed by atoms with Crippen LogP contribution in [0.3, 0.4) is 0 Å². The van der Waals surface area contributed by atoms with E-state index in [1.54, 1.807) is 7.05 Å². The largest absolute Gasteiger partial charge is 0.444 e. The zero-order valence-electron chi connectivity index (χ0n) is 15.4. The molecule has 8 heteroatoms.